The van der Waals surface area contributed by atoms with Crippen molar-refractivity contribution in [3.8, 4) is 0 Å². The summed E-state index contributed by atoms with van der Waals surface area (Å²) in [4.78, 5) is 11.9. The predicted octanol–water partition coefficient (Wildman–Crippen LogP) is 3.97. The van der Waals surface area contributed by atoms with E-state index in [1.165, 1.54) is 12.1 Å². The Kier molecular flexibility index (Phi) is 3.85. The fraction of sp³-hybridized carbons (Fsp3) is 0.562. The monoisotopic (exact) mass is 282 g/mol. The molecule has 2 unspecified atom stereocenters. The topological polar surface area (TPSA) is 26.3 Å². The van der Waals surface area contributed by atoms with Gasteiger partial charge in [-0.15, -0.1) is 0 Å². The lowest BCUT2D eigenvalue weighted by Gasteiger charge is -2.22. The lowest BCUT2D eigenvalue weighted by molar-refractivity contribution is -0.156. The second-order valence-corrected chi connectivity index (χ2v) is 6.51. The zero-order valence-electron chi connectivity index (χ0n) is 12.3. The van der Waals surface area contributed by atoms with Crippen molar-refractivity contribution in [1.29, 1.82) is 0 Å². The fourth-order valence-corrected chi connectivity index (χ4v) is 2.76. The number of carbonyl (C=O) groups is 1. The first kappa shape index (κ1) is 14.9. The molecule has 0 heterocycles. The molecule has 2 rings (SSSR count). The molecule has 1 aromatic carbocycles. The smallest absolute Gasteiger partial charge is 0.306 e. The highest BCUT2D eigenvalue weighted by molar-refractivity contribution is 5.70. The Labute approximate surface area is 118 Å². The maximum atomic E-state index is 13.3. The molecule has 0 fully saturated rings. The molecule has 2 atom stereocenters. The quantitative estimate of drug-likeness (QED) is 0.767. The summed E-state index contributed by atoms with van der Waals surface area (Å²) < 4.78 is 31.8. The van der Waals surface area contributed by atoms with Crippen LogP contribution in [0.2, 0.25) is 0 Å². The van der Waals surface area contributed by atoms with Crippen LogP contribution >= 0.6 is 0 Å². The van der Waals surface area contributed by atoms with Gasteiger partial charge in [0, 0.05) is 6.42 Å². The number of fused-ring (bicyclic) bond motifs is 1. The van der Waals surface area contributed by atoms with Gasteiger partial charge in [-0.05, 0) is 62.3 Å². The Balaban J connectivity index is 2.09. The summed E-state index contributed by atoms with van der Waals surface area (Å²) in [6.07, 6.45) is 0.864. The van der Waals surface area contributed by atoms with Crippen LogP contribution in [-0.2, 0) is 16.0 Å². The van der Waals surface area contributed by atoms with Gasteiger partial charge in [0.05, 0.1) is 0 Å². The third kappa shape index (κ3) is 3.17. The van der Waals surface area contributed by atoms with Crippen LogP contribution in [0.25, 0.3) is 0 Å². The summed E-state index contributed by atoms with van der Waals surface area (Å²) in [5.41, 5.74) is 1.09. The molecule has 0 spiro atoms. The van der Waals surface area contributed by atoms with Crippen molar-refractivity contribution in [2.45, 2.75) is 52.1 Å². The van der Waals surface area contributed by atoms with Crippen molar-refractivity contribution < 1.29 is 18.3 Å². The van der Waals surface area contributed by atoms with E-state index in [-0.39, 0.29) is 24.2 Å². The van der Waals surface area contributed by atoms with E-state index in [0.29, 0.717) is 6.42 Å². The number of hydrogen-bond acceptors (Lipinski definition) is 2. The molecular weight excluding hydrogens is 262 g/mol. The highest BCUT2D eigenvalue weighted by Crippen LogP contribution is 2.40. The van der Waals surface area contributed by atoms with Crippen molar-refractivity contribution in [1.82, 2.24) is 0 Å². The SMILES string of the molecule is CC1c2cc(F)c(F)cc2CC1CC(=O)OC(C)(C)C. The molecular formula is C16H20F2O2. The second-order valence-electron chi connectivity index (χ2n) is 6.51. The normalized spacial score (nSPS) is 21.7. The maximum Gasteiger partial charge on any atom is 0.306 e. The minimum absolute atomic E-state index is 0.0348. The van der Waals surface area contributed by atoms with Crippen LogP contribution in [0.15, 0.2) is 12.1 Å². The molecule has 0 aliphatic heterocycles. The van der Waals surface area contributed by atoms with E-state index in [0.717, 1.165) is 11.1 Å². The number of rotatable bonds is 2. The first-order chi connectivity index (χ1) is 9.17. The van der Waals surface area contributed by atoms with E-state index in [1.54, 1.807) is 0 Å². The summed E-state index contributed by atoms with van der Waals surface area (Å²) in [5, 5.41) is 0. The van der Waals surface area contributed by atoms with E-state index in [9.17, 15) is 13.6 Å². The molecule has 0 aromatic heterocycles. The molecule has 2 nitrogen and oxygen atoms in total. The van der Waals surface area contributed by atoms with Gasteiger partial charge in [-0.1, -0.05) is 6.92 Å². The third-order valence-electron chi connectivity index (χ3n) is 3.71. The minimum atomic E-state index is -0.825. The van der Waals surface area contributed by atoms with E-state index in [4.69, 9.17) is 4.74 Å². The third-order valence-corrected chi connectivity index (χ3v) is 3.71. The molecule has 0 saturated carbocycles. The van der Waals surface area contributed by atoms with Crippen molar-refractivity contribution in [3.05, 3.63) is 34.9 Å². The van der Waals surface area contributed by atoms with Gasteiger partial charge in [0.15, 0.2) is 11.6 Å². The van der Waals surface area contributed by atoms with Gasteiger partial charge in [0.25, 0.3) is 0 Å². The average molecular weight is 282 g/mol. The number of benzene rings is 1. The van der Waals surface area contributed by atoms with Crippen LogP contribution in [0.3, 0.4) is 0 Å². The Morgan fingerprint density at radius 2 is 1.90 bits per heavy atom. The Morgan fingerprint density at radius 3 is 2.50 bits per heavy atom. The van der Waals surface area contributed by atoms with Gasteiger partial charge < -0.3 is 4.74 Å². The molecule has 1 aliphatic carbocycles. The molecule has 0 amide bonds. The standard InChI is InChI=1S/C16H20F2O2/c1-9-10(7-15(19)20-16(2,3)4)5-11-6-13(17)14(18)8-12(9)11/h6,8-10H,5,7H2,1-4H3. The molecule has 0 bridgehead atoms. The van der Waals surface area contributed by atoms with Gasteiger partial charge in [-0.3, -0.25) is 4.79 Å². The van der Waals surface area contributed by atoms with Crippen LogP contribution in [-0.4, -0.2) is 11.6 Å². The number of esters is 1. The van der Waals surface area contributed by atoms with Crippen LogP contribution in [0, 0.1) is 17.6 Å². The molecule has 0 N–H and O–H groups in total. The highest BCUT2D eigenvalue weighted by Gasteiger charge is 2.33. The van der Waals surface area contributed by atoms with E-state index in [2.05, 4.69) is 0 Å². The van der Waals surface area contributed by atoms with Gasteiger partial charge in [0.2, 0.25) is 0 Å². The van der Waals surface area contributed by atoms with Gasteiger partial charge in [-0.2, -0.15) is 0 Å². The first-order valence-electron chi connectivity index (χ1n) is 6.87. The number of carbonyl (C=O) groups excluding carboxylic acids is 1. The second kappa shape index (κ2) is 5.15. The summed E-state index contributed by atoms with van der Waals surface area (Å²) >= 11 is 0. The zero-order chi connectivity index (χ0) is 15.1. The molecule has 1 aromatic rings. The number of halogens is 2. The average Bonchev–Trinajstić information content (AvgIpc) is 2.55. The molecule has 0 radical (unpaired) electrons. The van der Waals surface area contributed by atoms with Crippen LogP contribution in [0.5, 0.6) is 0 Å². The lowest BCUT2D eigenvalue weighted by Crippen LogP contribution is -2.25. The van der Waals surface area contributed by atoms with Crippen molar-refractivity contribution in [2.75, 3.05) is 0 Å². The Bertz CT molecular complexity index is 532. The first-order valence-corrected chi connectivity index (χ1v) is 6.87. The summed E-state index contributed by atoms with van der Waals surface area (Å²) in [7, 11) is 0. The largest absolute Gasteiger partial charge is 0.460 e. The lowest BCUT2D eigenvalue weighted by atomic mass is 9.92. The van der Waals surface area contributed by atoms with Crippen molar-refractivity contribution in [2.24, 2.45) is 5.92 Å². The summed E-state index contributed by atoms with van der Waals surface area (Å²) in [6.45, 7) is 7.41. The summed E-state index contributed by atoms with van der Waals surface area (Å²) in [6, 6.07) is 2.50. The number of hydrogen-bond donors (Lipinski definition) is 0. The van der Waals surface area contributed by atoms with Gasteiger partial charge in [-0.25, -0.2) is 8.78 Å². The molecule has 20 heavy (non-hydrogen) atoms. The van der Waals surface area contributed by atoms with Crippen LogP contribution in [0.4, 0.5) is 8.78 Å². The van der Waals surface area contributed by atoms with E-state index in [1.807, 2.05) is 27.7 Å². The van der Waals surface area contributed by atoms with Gasteiger partial charge >= 0.3 is 5.97 Å². The highest BCUT2D eigenvalue weighted by atomic mass is 19.2. The van der Waals surface area contributed by atoms with Crippen LogP contribution < -0.4 is 0 Å². The van der Waals surface area contributed by atoms with Gasteiger partial charge in [0.1, 0.15) is 5.60 Å². The van der Waals surface area contributed by atoms with E-state index < -0.39 is 17.2 Å². The molecule has 1 aliphatic rings. The molecule has 110 valence electrons. The Hall–Kier alpha value is -1.45. The number of ether oxygens (including phenoxy) is 1. The Morgan fingerprint density at radius 1 is 1.30 bits per heavy atom. The van der Waals surface area contributed by atoms with Crippen LogP contribution in [0.1, 0.15) is 51.2 Å². The summed E-state index contributed by atoms with van der Waals surface area (Å²) in [5.74, 6) is -1.83. The minimum Gasteiger partial charge on any atom is -0.460 e. The predicted molar refractivity (Wildman–Crippen MR) is 72.4 cm³/mol. The molecule has 4 heteroatoms. The fourth-order valence-electron chi connectivity index (χ4n) is 2.76. The van der Waals surface area contributed by atoms with Crippen molar-refractivity contribution in [3.63, 3.8) is 0 Å². The van der Waals surface area contributed by atoms with Crippen molar-refractivity contribution >= 4 is 5.97 Å². The maximum absolute atomic E-state index is 13.3. The molecule has 0 saturated heterocycles. The zero-order valence-corrected chi connectivity index (χ0v) is 12.3. The van der Waals surface area contributed by atoms with E-state index >= 15 is 0 Å².